The van der Waals surface area contributed by atoms with Gasteiger partial charge in [0.2, 0.25) is 0 Å². The molecule has 4 heteroatoms. The molecule has 2 N–H and O–H groups in total. The van der Waals surface area contributed by atoms with Crippen LogP contribution in [0, 0.1) is 0 Å². The predicted molar refractivity (Wildman–Crippen MR) is 82.9 cm³/mol. The molecule has 0 saturated carbocycles. The number of hydrogen-bond donors (Lipinski definition) is 2. The molecule has 2 aromatic rings. The van der Waals surface area contributed by atoms with Gasteiger partial charge in [-0.3, -0.25) is 0 Å². The van der Waals surface area contributed by atoms with E-state index in [2.05, 4.69) is 12.2 Å². The van der Waals surface area contributed by atoms with Crippen LogP contribution in [0.3, 0.4) is 0 Å². The second-order valence-corrected chi connectivity index (χ2v) is 4.88. The van der Waals surface area contributed by atoms with Gasteiger partial charge in [-0.15, -0.1) is 0 Å². The van der Waals surface area contributed by atoms with Crippen molar-refractivity contribution in [3.8, 4) is 17.2 Å². The first kappa shape index (κ1) is 15.2. The lowest BCUT2D eigenvalue weighted by molar-refractivity contribution is 0.372. The lowest BCUT2D eigenvalue weighted by atomic mass is 10.1. The maximum absolute atomic E-state index is 9.58. The molecule has 112 valence electrons. The smallest absolute Gasteiger partial charge is 0.160 e. The number of phenols is 1. The highest BCUT2D eigenvalue weighted by molar-refractivity contribution is 5.41. The zero-order valence-corrected chi connectivity index (χ0v) is 12.6. The van der Waals surface area contributed by atoms with Crippen LogP contribution < -0.4 is 14.8 Å². The van der Waals surface area contributed by atoms with E-state index in [9.17, 15) is 5.11 Å². The molecule has 21 heavy (non-hydrogen) atoms. The van der Waals surface area contributed by atoms with Crippen LogP contribution in [0.1, 0.15) is 24.1 Å². The van der Waals surface area contributed by atoms with Gasteiger partial charge in [0.1, 0.15) is 5.75 Å². The minimum Gasteiger partial charge on any atom is -0.504 e. The summed E-state index contributed by atoms with van der Waals surface area (Å²) >= 11 is 0. The highest BCUT2D eigenvalue weighted by Crippen LogP contribution is 2.26. The van der Waals surface area contributed by atoms with Crippen LogP contribution in [0.2, 0.25) is 0 Å². The Balaban J connectivity index is 1.98. The normalized spacial score (nSPS) is 12.0. The predicted octanol–water partition coefficient (Wildman–Crippen LogP) is 3.26. The third-order valence-corrected chi connectivity index (χ3v) is 3.47. The van der Waals surface area contributed by atoms with Crippen molar-refractivity contribution in [3.63, 3.8) is 0 Å². The maximum Gasteiger partial charge on any atom is 0.160 e. The molecule has 0 aliphatic heterocycles. The Hall–Kier alpha value is -2.20. The van der Waals surface area contributed by atoms with Crippen LogP contribution in [-0.2, 0) is 6.54 Å². The summed E-state index contributed by atoms with van der Waals surface area (Å²) in [5.41, 5.74) is 2.26. The second-order valence-electron chi connectivity index (χ2n) is 4.88. The van der Waals surface area contributed by atoms with Gasteiger partial charge in [0.05, 0.1) is 14.2 Å². The van der Waals surface area contributed by atoms with Crippen molar-refractivity contribution < 1.29 is 14.6 Å². The van der Waals surface area contributed by atoms with E-state index < -0.39 is 0 Å². The third kappa shape index (κ3) is 3.89. The lowest BCUT2D eigenvalue weighted by Gasteiger charge is -2.15. The van der Waals surface area contributed by atoms with Gasteiger partial charge in [0.25, 0.3) is 0 Å². The van der Waals surface area contributed by atoms with Gasteiger partial charge in [0, 0.05) is 12.6 Å². The molecule has 0 aliphatic rings. The molecule has 0 unspecified atom stereocenters. The summed E-state index contributed by atoms with van der Waals surface area (Å²) < 4.78 is 10.3. The van der Waals surface area contributed by atoms with Crippen molar-refractivity contribution in [2.75, 3.05) is 14.2 Å². The third-order valence-electron chi connectivity index (χ3n) is 3.47. The Morgan fingerprint density at radius 3 is 2.38 bits per heavy atom. The summed E-state index contributed by atoms with van der Waals surface area (Å²) in [6.07, 6.45) is 0. The maximum atomic E-state index is 9.58. The first-order valence-electron chi connectivity index (χ1n) is 6.87. The molecule has 2 aromatic carbocycles. The minimum atomic E-state index is 0.157. The van der Waals surface area contributed by atoms with Crippen LogP contribution in [0.4, 0.5) is 0 Å². The Morgan fingerprint density at radius 2 is 1.76 bits per heavy atom. The van der Waals surface area contributed by atoms with Crippen molar-refractivity contribution in [2.45, 2.75) is 19.5 Å². The standard InChI is InChI=1S/C17H21NO3/c1-12(14-5-7-15(20-2)8-6-14)18-11-13-4-9-16(19)17(10-13)21-3/h4-10,12,18-19H,11H2,1-3H3/t12-/m1/s1. The fourth-order valence-electron chi connectivity index (χ4n) is 2.11. The van der Waals surface area contributed by atoms with E-state index in [-0.39, 0.29) is 11.8 Å². The molecule has 0 bridgehead atoms. The van der Waals surface area contributed by atoms with Gasteiger partial charge in [-0.05, 0) is 42.3 Å². The number of nitrogens with one attached hydrogen (secondary N) is 1. The molecule has 1 atom stereocenters. The average Bonchev–Trinajstić information content (AvgIpc) is 2.53. The highest BCUT2D eigenvalue weighted by Gasteiger charge is 2.07. The van der Waals surface area contributed by atoms with E-state index in [1.807, 2.05) is 36.4 Å². The summed E-state index contributed by atoms with van der Waals surface area (Å²) in [6.45, 7) is 2.81. The number of rotatable bonds is 6. The van der Waals surface area contributed by atoms with Crippen LogP contribution in [0.5, 0.6) is 17.2 Å². The summed E-state index contributed by atoms with van der Waals surface area (Å²) in [5.74, 6) is 1.50. The van der Waals surface area contributed by atoms with Gasteiger partial charge in [0.15, 0.2) is 11.5 Å². The van der Waals surface area contributed by atoms with E-state index in [0.717, 1.165) is 11.3 Å². The first-order valence-corrected chi connectivity index (χ1v) is 6.87. The van der Waals surface area contributed by atoms with Crippen molar-refractivity contribution in [1.29, 1.82) is 0 Å². The summed E-state index contributed by atoms with van der Waals surface area (Å²) in [4.78, 5) is 0. The van der Waals surface area contributed by atoms with Gasteiger partial charge in [-0.1, -0.05) is 18.2 Å². The van der Waals surface area contributed by atoms with E-state index in [0.29, 0.717) is 12.3 Å². The molecule has 0 fully saturated rings. The van der Waals surface area contributed by atoms with Crippen LogP contribution in [0.15, 0.2) is 42.5 Å². The van der Waals surface area contributed by atoms with E-state index in [1.165, 1.54) is 5.56 Å². The summed E-state index contributed by atoms with van der Waals surface area (Å²) in [7, 11) is 3.21. The van der Waals surface area contributed by atoms with Crippen molar-refractivity contribution in [3.05, 3.63) is 53.6 Å². The lowest BCUT2D eigenvalue weighted by Crippen LogP contribution is -2.18. The number of benzene rings is 2. The van der Waals surface area contributed by atoms with Gasteiger partial charge in [-0.2, -0.15) is 0 Å². The van der Waals surface area contributed by atoms with Gasteiger partial charge < -0.3 is 19.9 Å². The molecular weight excluding hydrogens is 266 g/mol. The quantitative estimate of drug-likeness (QED) is 0.856. The molecule has 0 heterocycles. The molecule has 0 saturated heterocycles. The largest absolute Gasteiger partial charge is 0.504 e. The molecule has 0 aromatic heterocycles. The topological polar surface area (TPSA) is 50.7 Å². The molecule has 0 amide bonds. The molecular formula is C17H21NO3. The van der Waals surface area contributed by atoms with E-state index in [1.54, 1.807) is 20.3 Å². The Kier molecular flexibility index (Phi) is 5.06. The molecule has 0 radical (unpaired) electrons. The van der Waals surface area contributed by atoms with Crippen molar-refractivity contribution >= 4 is 0 Å². The number of hydrogen-bond acceptors (Lipinski definition) is 4. The number of aromatic hydroxyl groups is 1. The average molecular weight is 287 g/mol. The number of ether oxygens (including phenoxy) is 2. The van der Waals surface area contributed by atoms with E-state index >= 15 is 0 Å². The van der Waals surface area contributed by atoms with Gasteiger partial charge in [-0.25, -0.2) is 0 Å². The Labute approximate surface area is 125 Å². The molecule has 4 nitrogen and oxygen atoms in total. The van der Waals surface area contributed by atoms with Gasteiger partial charge >= 0.3 is 0 Å². The summed E-state index contributed by atoms with van der Waals surface area (Å²) in [5, 5.41) is 13.0. The van der Waals surface area contributed by atoms with E-state index in [4.69, 9.17) is 9.47 Å². The minimum absolute atomic E-state index is 0.157. The zero-order chi connectivity index (χ0) is 15.2. The molecule has 2 rings (SSSR count). The van der Waals surface area contributed by atoms with Crippen molar-refractivity contribution in [2.24, 2.45) is 0 Å². The monoisotopic (exact) mass is 287 g/mol. The fraction of sp³-hybridized carbons (Fsp3) is 0.294. The number of phenolic OH excluding ortho intramolecular Hbond substituents is 1. The fourth-order valence-corrected chi connectivity index (χ4v) is 2.11. The Morgan fingerprint density at radius 1 is 1.05 bits per heavy atom. The van der Waals surface area contributed by atoms with Crippen LogP contribution >= 0.6 is 0 Å². The van der Waals surface area contributed by atoms with Crippen LogP contribution in [0.25, 0.3) is 0 Å². The Bertz CT molecular complexity index is 581. The van der Waals surface area contributed by atoms with Crippen LogP contribution in [-0.4, -0.2) is 19.3 Å². The summed E-state index contributed by atoms with van der Waals surface area (Å²) in [6, 6.07) is 13.6. The highest BCUT2D eigenvalue weighted by atomic mass is 16.5. The molecule has 0 aliphatic carbocycles. The second kappa shape index (κ2) is 6.99. The molecule has 0 spiro atoms. The SMILES string of the molecule is COc1ccc([C@@H](C)NCc2ccc(O)c(OC)c2)cc1. The first-order chi connectivity index (χ1) is 10.1. The number of methoxy groups -OCH3 is 2. The van der Waals surface area contributed by atoms with Crippen molar-refractivity contribution in [1.82, 2.24) is 5.32 Å². The zero-order valence-electron chi connectivity index (χ0n) is 12.6.